The van der Waals surface area contributed by atoms with Crippen molar-refractivity contribution in [2.45, 2.75) is 13.5 Å². The highest BCUT2D eigenvalue weighted by Crippen LogP contribution is 2.40. The molecular formula is C30H24N2O6S. The van der Waals surface area contributed by atoms with Gasteiger partial charge in [0.25, 0.3) is 5.91 Å². The van der Waals surface area contributed by atoms with E-state index in [0.29, 0.717) is 33.1 Å². The molecule has 1 heterocycles. The van der Waals surface area contributed by atoms with Crippen LogP contribution < -0.4 is 9.47 Å². The minimum Gasteiger partial charge on any atom is -0.506 e. The van der Waals surface area contributed by atoms with Crippen LogP contribution in [0.5, 0.6) is 11.5 Å². The third-order valence-electron chi connectivity index (χ3n) is 5.60. The van der Waals surface area contributed by atoms with Gasteiger partial charge in [-0.05, 0) is 48.9 Å². The number of thioether (sulfide) groups is 1. The van der Waals surface area contributed by atoms with Gasteiger partial charge in [0.2, 0.25) is 0 Å². The van der Waals surface area contributed by atoms with E-state index in [1.165, 1.54) is 7.11 Å². The zero-order chi connectivity index (χ0) is 27.8. The fraction of sp³-hybridized carbons (Fsp3) is 0.133. The van der Waals surface area contributed by atoms with E-state index in [1.807, 2.05) is 12.1 Å². The largest absolute Gasteiger partial charge is 0.506 e. The van der Waals surface area contributed by atoms with Crippen molar-refractivity contribution in [3.05, 3.63) is 111 Å². The summed E-state index contributed by atoms with van der Waals surface area (Å²) in [6.07, 6.45) is 1.64. The van der Waals surface area contributed by atoms with Gasteiger partial charge in [-0.1, -0.05) is 54.2 Å². The van der Waals surface area contributed by atoms with Crippen molar-refractivity contribution >= 4 is 34.8 Å². The Kier molecular flexibility index (Phi) is 8.82. The summed E-state index contributed by atoms with van der Waals surface area (Å²) in [7, 11) is 1.50. The molecule has 1 N–H and O–H groups in total. The Morgan fingerprint density at radius 2 is 1.79 bits per heavy atom. The maximum Gasteiger partial charge on any atom is 0.344 e. The van der Waals surface area contributed by atoms with Crippen LogP contribution in [0.2, 0.25) is 0 Å². The number of methoxy groups -OCH3 is 1. The molecule has 1 amide bonds. The molecule has 0 radical (unpaired) electrons. The first kappa shape index (κ1) is 27.2. The van der Waals surface area contributed by atoms with E-state index in [2.05, 4.69) is 11.1 Å². The Hall–Kier alpha value is -4.81. The van der Waals surface area contributed by atoms with Crippen LogP contribution in [-0.4, -0.2) is 35.7 Å². The van der Waals surface area contributed by atoms with Gasteiger partial charge in [0.1, 0.15) is 23.0 Å². The normalized spacial score (nSPS) is 14.8. The van der Waals surface area contributed by atoms with E-state index in [-0.39, 0.29) is 29.6 Å². The number of rotatable bonds is 8. The first-order chi connectivity index (χ1) is 18.9. The number of nitrogens with zero attached hydrogens (tertiary/aromatic N) is 2. The molecule has 0 saturated heterocycles. The average Bonchev–Trinajstić information content (AvgIpc) is 3.26. The second-order valence-electron chi connectivity index (χ2n) is 8.11. The lowest BCUT2D eigenvalue weighted by Gasteiger charge is -2.12. The van der Waals surface area contributed by atoms with Crippen LogP contribution in [0.25, 0.3) is 6.08 Å². The predicted octanol–water partition coefficient (Wildman–Crippen LogP) is 5.85. The van der Waals surface area contributed by atoms with Crippen molar-refractivity contribution in [3.63, 3.8) is 0 Å². The topological polar surface area (TPSA) is 118 Å². The lowest BCUT2D eigenvalue weighted by Crippen LogP contribution is -2.14. The summed E-state index contributed by atoms with van der Waals surface area (Å²) in [4.78, 5) is 29.7. The van der Waals surface area contributed by atoms with Crippen molar-refractivity contribution in [2.75, 3.05) is 13.7 Å². The molecule has 1 aliphatic rings. The number of hydrogen-bond acceptors (Lipinski definition) is 8. The van der Waals surface area contributed by atoms with E-state index in [9.17, 15) is 20.0 Å². The Labute approximate surface area is 229 Å². The molecule has 4 rings (SSSR count). The summed E-state index contributed by atoms with van der Waals surface area (Å²) < 4.78 is 16.5. The van der Waals surface area contributed by atoms with Crippen molar-refractivity contribution in [2.24, 2.45) is 4.99 Å². The minimum atomic E-state index is -0.774. The van der Waals surface area contributed by atoms with Gasteiger partial charge in [-0.25, -0.2) is 9.79 Å². The zero-order valence-electron chi connectivity index (χ0n) is 21.2. The number of carbonyl (C=O) groups is 2. The van der Waals surface area contributed by atoms with Crippen LogP contribution >= 0.6 is 11.8 Å². The number of aliphatic imine (C=N–C) groups is 1. The second kappa shape index (κ2) is 12.6. The van der Waals surface area contributed by atoms with Gasteiger partial charge >= 0.3 is 5.97 Å². The molecule has 196 valence electrons. The summed E-state index contributed by atoms with van der Waals surface area (Å²) in [5.41, 5.74) is 2.10. The van der Waals surface area contributed by atoms with E-state index >= 15 is 0 Å². The number of benzene rings is 3. The zero-order valence-corrected chi connectivity index (χ0v) is 22.0. The number of hydrogen-bond donors (Lipinski definition) is 1. The highest BCUT2D eigenvalue weighted by Gasteiger charge is 2.34. The van der Waals surface area contributed by atoms with Crippen molar-refractivity contribution in [1.29, 1.82) is 5.26 Å². The van der Waals surface area contributed by atoms with Gasteiger partial charge in [-0.3, -0.25) is 4.79 Å². The van der Waals surface area contributed by atoms with Crippen molar-refractivity contribution < 1.29 is 28.9 Å². The first-order valence-corrected chi connectivity index (χ1v) is 12.7. The quantitative estimate of drug-likeness (QED) is 0.354. The van der Waals surface area contributed by atoms with E-state index in [4.69, 9.17) is 14.2 Å². The molecule has 0 unspecified atom stereocenters. The van der Waals surface area contributed by atoms with Gasteiger partial charge in [0, 0.05) is 11.1 Å². The summed E-state index contributed by atoms with van der Waals surface area (Å²) in [5, 5.41) is 20.3. The Morgan fingerprint density at radius 1 is 1.05 bits per heavy atom. The number of carbonyl (C=O) groups excluding carboxylic acids is 2. The van der Waals surface area contributed by atoms with E-state index in [0.717, 1.165) is 17.3 Å². The number of aliphatic hydroxyl groups is 1. The smallest absolute Gasteiger partial charge is 0.344 e. The molecule has 0 aromatic heterocycles. The van der Waals surface area contributed by atoms with Gasteiger partial charge in [0.05, 0.1) is 30.3 Å². The van der Waals surface area contributed by atoms with Crippen LogP contribution in [-0.2, 0) is 16.1 Å². The Bertz CT molecular complexity index is 1540. The fourth-order valence-electron chi connectivity index (χ4n) is 3.68. The molecule has 0 atom stereocenters. The maximum absolute atomic E-state index is 12.7. The summed E-state index contributed by atoms with van der Waals surface area (Å²) in [5.74, 6) is -0.747. The fourth-order valence-corrected chi connectivity index (χ4v) is 4.70. The number of aliphatic hydroxyl groups excluding tert-OH is 1. The second-order valence-corrected chi connectivity index (χ2v) is 9.14. The predicted molar refractivity (Wildman–Crippen MR) is 149 cm³/mol. The minimum absolute atomic E-state index is 0.0501. The van der Waals surface area contributed by atoms with E-state index in [1.54, 1.807) is 73.7 Å². The molecule has 0 aliphatic carbocycles. The SMILES string of the molecule is CCOC(=O)C1=C(O)/C(=C/c2ccc(OCc3ccccc3C#N)c(OC)c2)SC1=NC(=O)c1ccccc1. The molecule has 0 fully saturated rings. The van der Waals surface area contributed by atoms with Crippen molar-refractivity contribution in [1.82, 2.24) is 0 Å². The third-order valence-corrected chi connectivity index (χ3v) is 6.62. The van der Waals surface area contributed by atoms with Crippen LogP contribution in [0.3, 0.4) is 0 Å². The summed E-state index contributed by atoms with van der Waals surface area (Å²) >= 11 is 0.991. The van der Waals surface area contributed by atoms with Crippen molar-refractivity contribution in [3.8, 4) is 17.6 Å². The maximum atomic E-state index is 12.7. The molecule has 3 aromatic rings. The lowest BCUT2D eigenvalue weighted by molar-refractivity contribution is -0.138. The van der Waals surface area contributed by atoms with Gasteiger partial charge < -0.3 is 19.3 Å². The number of amides is 1. The monoisotopic (exact) mass is 540 g/mol. The lowest BCUT2D eigenvalue weighted by atomic mass is 10.1. The molecule has 8 nitrogen and oxygen atoms in total. The Morgan fingerprint density at radius 3 is 2.51 bits per heavy atom. The number of nitriles is 1. The van der Waals surface area contributed by atoms with Crippen LogP contribution in [0.15, 0.2) is 94.0 Å². The molecule has 0 spiro atoms. The third kappa shape index (κ3) is 6.37. The molecule has 9 heteroatoms. The number of ether oxygens (including phenoxy) is 3. The van der Waals surface area contributed by atoms with Gasteiger partial charge in [0.15, 0.2) is 11.5 Å². The average molecular weight is 541 g/mol. The van der Waals surface area contributed by atoms with Crippen LogP contribution in [0, 0.1) is 11.3 Å². The highest BCUT2D eigenvalue weighted by molar-refractivity contribution is 8.18. The molecule has 39 heavy (non-hydrogen) atoms. The van der Waals surface area contributed by atoms with Gasteiger partial charge in [-0.2, -0.15) is 5.26 Å². The molecule has 1 aliphatic heterocycles. The standard InChI is InChI=1S/C30H24N2O6S/c1-3-37-30(35)26-27(33)25(39-29(26)32-28(34)20-9-5-4-6-10-20)16-19-13-14-23(24(15-19)36-2)38-18-22-12-8-7-11-21(22)17-31/h4-16,33H,3,18H2,1-2H3/b25-16-,32-29?. The summed E-state index contributed by atoms with van der Waals surface area (Å²) in [6, 6.07) is 22.9. The van der Waals surface area contributed by atoms with Crippen LogP contribution in [0.1, 0.15) is 34.0 Å². The van der Waals surface area contributed by atoms with E-state index < -0.39 is 11.9 Å². The molecular weight excluding hydrogens is 516 g/mol. The molecule has 3 aromatic carbocycles. The highest BCUT2D eigenvalue weighted by atomic mass is 32.2. The Balaban J connectivity index is 1.62. The van der Waals surface area contributed by atoms with Gasteiger partial charge in [-0.15, -0.1) is 0 Å². The van der Waals surface area contributed by atoms with Crippen LogP contribution in [0.4, 0.5) is 0 Å². The molecule has 0 bridgehead atoms. The first-order valence-electron chi connectivity index (χ1n) is 11.9. The summed E-state index contributed by atoms with van der Waals surface area (Å²) in [6.45, 7) is 1.92. The molecule has 0 saturated carbocycles. The number of esters is 1.